The molecule has 0 bridgehead atoms. The molecule has 9 nitrogen and oxygen atoms in total. The van der Waals surface area contributed by atoms with E-state index >= 15 is 0 Å². The van der Waals surface area contributed by atoms with Gasteiger partial charge in [-0.25, -0.2) is 22.8 Å². The van der Waals surface area contributed by atoms with Crippen LogP contribution < -0.4 is 4.72 Å². The van der Waals surface area contributed by atoms with Crippen molar-refractivity contribution in [1.82, 2.24) is 14.5 Å². The maximum atomic E-state index is 12.3. The van der Waals surface area contributed by atoms with Gasteiger partial charge in [0, 0.05) is 24.2 Å². The van der Waals surface area contributed by atoms with Crippen molar-refractivity contribution >= 4 is 39.5 Å². The van der Waals surface area contributed by atoms with E-state index in [4.69, 9.17) is 16.3 Å². The highest BCUT2D eigenvalue weighted by Gasteiger charge is 2.39. The summed E-state index contributed by atoms with van der Waals surface area (Å²) in [6.45, 7) is 0.00631. The largest absolute Gasteiger partial charge is 0.439 e. The van der Waals surface area contributed by atoms with Crippen molar-refractivity contribution in [3.8, 4) is 0 Å². The van der Waals surface area contributed by atoms with Gasteiger partial charge in [-0.1, -0.05) is 17.7 Å². The predicted octanol–water partition coefficient (Wildman–Crippen LogP) is 0.588. The number of rotatable bonds is 5. The monoisotopic (exact) mass is 415 g/mol. The molecule has 1 aromatic rings. The number of hydrogen-bond donors (Lipinski definition) is 1. The number of sulfonamides is 1. The van der Waals surface area contributed by atoms with Crippen LogP contribution in [-0.4, -0.2) is 68.4 Å². The fraction of sp³-hybridized carbons (Fsp3) is 0.438. The number of carbonyl (C=O) groups is 3. The molecule has 27 heavy (non-hydrogen) atoms. The van der Waals surface area contributed by atoms with Crippen LogP contribution in [0.3, 0.4) is 0 Å². The second kappa shape index (κ2) is 7.83. The number of piperidine rings is 1. The van der Waals surface area contributed by atoms with E-state index in [2.05, 4.69) is 4.72 Å². The number of benzene rings is 1. The Morgan fingerprint density at radius 3 is 2.56 bits per heavy atom. The summed E-state index contributed by atoms with van der Waals surface area (Å²) in [5, 5.41) is 0.279. The SMILES string of the molecule is O=C(CNS(=O)(=O)c1cccc(Cl)c1)N1CCC(N2C(=O)COC2=O)CC1. The molecule has 11 heteroatoms. The van der Waals surface area contributed by atoms with Crippen LogP contribution in [0.5, 0.6) is 0 Å². The Morgan fingerprint density at radius 1 is 1.26 bits per heavy atom. The van der Waals surface area contributed by atoms with Crippen molar-refractivity contribution in [2.45, 2.75) is 23.8 Å². The lowest BCUT2D eigenvalue weighted by Gasteiger charge is -2.34. The van der Waals surface area contributed by atoms with Crippen LogP contribution in [0.25, 0.3) is 0 Å². The van der Waals surface area contributed by atoms with Crippen molar-refractivity contribution in [3.63, 3.8) is 0 Å². The maximum Gasteiger partial charge on any atom is 0.417 e. The van der Waals surface area contributed by atoms with E-state index in [0.717, 1.165) is 4.90 Å². The van der Waals surface area contributed by atoms with Crippen molar-refractivity contribution < 1.29 is 27.5 Å². The molecule has 1 N–H and O–H groups in total. The van der Waals surface area contributed by atoms with E-state index in [1.807, 2.05) is 0 Å². The Hall–Kier alpha value is -2.17. The molecule has 1 aromatic carbocycles. The Bertz CT molecular complexity index is 851. The molecule has 0 spiro atoms. The minimum atomic E-state index is -3.85. The van der Waals surface area contributed by atoms with Crippen LogP contribution in [0, 0.1) is 0 Å². The van der Waals surface area contributed by atoms with Gasteiger partial charge >= 0.3 is 6.09 Å². The molecule has 2 aliphatic rings. The highest BCUT2D eigenvalue weighted by atomic mass is 35.5. The summed E-state index contributed by atoms with van der Waals surface area (Å²) in [4.78, 5) is 38.2. The highest BCUT2D eigenvalue weighted by molar-refractivity contribution is 7.89. The molecule has 3 rings (SSSR count). The third-order valence-electron chi connectivity index (χ3n) is 4.49. The average molecular weight is 416 g/mol. The van der Waals surface area contributed by atoms with Gasteiger partial charge in [0.25, 0.3) is 5.91 Å². The minimum Gasteiger partial charge on any atom is -0.439 e. The van der Waals surface area contributed by atoms with Crippen LogP contribution >= 0.6 is 11.6 Å². The van der Waals surface area contributed by atoms with Gasteiger partial charge in [-0.05, 0) is 31.0 Å². The third kappa shape index (κ3) is 4.40. The van der Waals surface area contributed by atoms with E-state index in [1.54, 1.807) is 6.07 Å². The first-order valence-electron chi connectivity index (χ1n) is 8.30. The van der Waals surface area contributed by atoms with Crippen LogP contribution in [0.2, 0.25) is 5.02 Å². The average Bonchev–Trinajstić information content (AvgIpc) is 2.98. The number of imide groups is 1. The van der Waals surface area contributed by atoms with E-state index in [0.29, 0.717) is 25.9 Å². The number of nitrogens with zero attached hydrogens (tertiary/aromatic N) is 2. The Kier molecular flexibility index (Phi) is 5.68. The van der Waals surface area contributed by atoms with Crippen molar-refractivity contribution in [2.24, 2.45) is 0 Å². The van der Waals surface area contributed by atoms with Crippen molar-refractivity contribution in [1.29, 1.82) is 0 Å². The van der Waals surface area contributed by atoms with Crippen LogP contribution in [-0.2, 0) is 24.3 Å². The number of hydrogen-bond acceptors (Lipinski definition) is 6. The molecule has 0 unspecified atom stereocenters. The zero-order chi connectivity index (χ0) is 19.6. The second-order valence-corrected chi connectivity index (χ2v) is 8.42. The molecule has 0 saturated carbocycles. The van der Waals surface area contributed by atoms with E-state index in [1.165, 1.54) is 23.1 Å². The van der Waals surface area contributed by atoms with Gasteiger partial charge in [-0.3, -0.25) is 9.59 Å². The first kappa shape index (κ1) is 19.6. The molecule has 146 valence electrons. The molecule has 2 fully saturated rings. The zero-order valence-electron chi connectivity index (χ0n) is 14.3. The lowest BCUT2D eigenvalue weighted by Crippen LogP contribution is -2.50. The number of amides is 3. The van der Waals surface area contributed by atoms with Gasteiger partial charge in [0.15, 0.2) is 6.61 Å². The van der Waals surface area contributed by atoms with Crippen LogP contribution in [0.4, 0.5) is 4.79 Å². The molecular weight excluding hydrogens is 398 g/mol. The molecule has 0 aromatic heterocycles. The first-order valence-corrected chi connectivity index (χ1v) is 10.2. The molecular formula is C16H18ClN3O6S. The number of cyclic esters (lactones) is 1. The highest BCUT2D eigenvalue weighted by Crippen LogP contribution is 2.21. The quantitative estimate of drug-likeness (QED) is 0.753. The summed E-state index contributed by atoms with van der Waals surface area (Å²) >= 11 is 5.80. The van der Waals surface area contributed by atoms with E-state index < -0.39 is 16.1 Å². The lowest BCUT2D eigenvalue weighted by atomic mass is 10.0. The van der Waals surface area contributed by atoms with Gasteiger partial charge in [0.2, 0.25) is 15.9 Å². The number of nitrogens with one attached hydrogen (secondary N) is 1. The zero-order valence-corrected chi connectivity index (χ0v) is 15.8. The van der Waals surface area contributed by atoms with Gasteiger partial charge in [-0.15, -0.1) is 0 Å². The predicted molar refractivity (Wildman–Crippen MR) is 94.4 cm³/mol. The van der Waals surface area contributed by atoms with Crippen molar-refractivity contribution in [3.05, 3.63) is 29.3 Å². The van der Waals surface area contributed by atoms with Crippen molar-refractivity contribution in [2.75, 3.05) is 26.2 Å². The van der Waals surface area contributed by atoms with Crippen LogP contribution in [0.15, 0.2) is 29.2 Å². The van der Waals surface area contributed by atoms with Gasteiger partial charge in [-0.2, -0.15) is 0 Å². The standard InChI is InChI=1S/C16H18ClN3O6S/c17-11-2-1-3-13(8-11)27(24,25)18-9-14(21)19-6-4-12(5-7-19)20-15(22)10-26-16(20)23/h1-3,8,12,18H,4-7,9-10H2. The molecule has 2 aliphatic heterocycles. The van der Waals surface area contributed by atoms with Gasteiger partial charge < -0.3 is 9.64 Å². The summed E-state index contributed by atoms with van der Waals surface area (Å²) in [5.74, 6) is -0.756. The molecule has 2 saturated heterocycles. The molecule has 2 heterocycles. The maximum absolute atomic E-state index is 12.3. The summed E-state index contributed by atoms with van der Waals surface area (Å²) in [6.07, 6.45) is 0.195. The number of carbonyl (C=O) groups excluding carboxylic acids is 3. The third-order valence-corrected chi connectivity index (χ3v) is 6.12. The van der Waals surface area contributed by atoms with Crippen LogP contribution in [0.1, 0.15) is 12.8 Å². The lowest BCUT2D eigenvalue weighted by molar-refractivity contribution is -0.132. The number of halogens is 1. The Balaban J connectivity index is 1.52. The second-order valence-electron chi connectivity index (χ2n) is 6.21. The fourth-order valence-corrected chi connectivity index (χ4v) is 4.35. The summed E-state index contributed by atoms with van der Waals surface area (Å²) in [7, 11) is -3.85. The summed E-state index contributed by atoms with van der Waals surface area (Å²) in [5.41, 5.74) is 0. The van der Waals surface area contributed by atoms with Gasteiger partial charge in [0.1, 0.15) is 0 Å². The van der Waals surface area contributed by atoms with E-state index in [9.17, 15) is 22.8 Å². The number of ether oxygens (including phenoxy) is 1. The first-order chi connectivity index (χ1) is 12.8. The minimum absolute atomic E-state index is 0.0208. The summed E-state index contributed by atoms with van der Waals surface area (Å²) in [6, 6.07) is 5.44. The molecule has 0 aliphatic carbocycles. The normalized spacial score (nSPS) is 18.7. The Morgan fingerprint density at radius 2 is 1.96 bits per heavy atom. The van der Waals surface area contributed by atoms with Gasteiger partial charge in [0.05, 0.1) is 11.4 Å². The molecule has 0 radical (unpaired) electrons. The fourth-order valence-electron chi connectivity index (χ4n) is 3.08. The summed E-state index contributed by atoms with van der Waals surface area (Å²) < 4.78 is 31.4. The smallest absolute Gasteiger partial charge is 0.417 e. The molecule has 3 amide bonds. The number of likely N-dealkylation sites (tertiary alicyclic amines) is 1. The molecule has 0 atom stereocenters. The topological polar surface area (TPSA) is 113 Å². The Labute approximate surface area is 161 Å². The van der Waals surface area contributed by atoms with E-state index in [-0.39, 0.29) is 40.9 Å².